The average molecular weight is 380 g/mol. The second-order valence-electron chi connectivity index (χ2n) is 5.33. The van der Waals surface area contributed by atoms with Gasteiger partial charge in [-0.2, -0.15) is 5.26 Å². The summed E-state index contributed by atoms with van der Waals surface area (Å²) in [6, 6.07) is 11.3. The molecule has 0 fully saturated rings. The molecule has 0 saturated heterocycles. The van der Waals surface area contributed by atoms with Crippen LogP contribution in [0.2, 0.25) is 0 Å². The number of nitro groups is 1. The van der Waals surface area contributed by atoms with Gasteiger partial charge in [-0.1, -0.05) is 11.3 Å². The lowest BCUT2D eigenvalue weighted by atomic mass is 10.2. The molecule has 0 unspecified atom stereocenters. The highest BCUT2D eigenvalue weighted by Crippen LogP contribution is 2.20. The summed E-state index contributed by atoms with van der Waals surface area (Å²) in [5.41, 5.74) is 1.11. The first-order chi connectivity index (χ1) is 13.0. The summed E-state index contributed by atoms with van der Waals surface area (Å²) in [6.45, 7) is 1.76. The first-order valence-corrected chi connectivity index (χ1v) is 8.45. The Morgan fingerprint density at radius 2 is 2.07 bits per heavy atom. The third kappa shape index (κ3) is 4.05. The van der Waals surface area contributed by atoms with Gasteiger partial charge in [-0.25, -0.2) is 0 Å². The largest absolute Gasteiger partial charge is 0.317 e. The minimum Gasteiger partial charge on any atom is -0.317 e. The SMILES string of the molecule is Cc1nnc(NC(=O)/C(C#N)=C\c2cccn2-c2ccc([N+](=O)[O-])cc2)s1. The monoisotopic (exact) mass is 380 g/mol. The van der Waals surface area contributed by atoms with E-state index in [1.165, 1.54) is 29.5 Å². The topological polar surface area (TPSA) is 127 Å². The van der Waals surface area contributed by atoms with E-state index in [0.29, 0.717) is 21.5 Å². The second kappa shape index (κ2) is 7.59. The van der Waals surface area contributed by atoms with Crippen LogP contribution in [0.1, 0.15) is 10.7 Å². The molecule has 10 heteroatoms. The van der Waals surface area contributed by atoms with Gasteiger partial charge in [0.2, 0.25) is 5.13 Å². The number of non-ortho nitro benzene ring substituents is 1. The maximum Gasteiger partial charge on any atom is 0.269 e. The molecule has 2 aromatic heterocycles. The average Bonchev–Trinajstić information content (AvgIpc) is 3.28. The van der Waals surface area contributed by atoms with E-state index in [-0.39, 0.29) is 11.3 Å². The van der Waals surface area contributed by atoms with Gasteiger partial charge in [-0.15, -0.1) is 10.2 Å². The molecule has 3 aromatic rings. The van der Waals surface area contributed by atoms with Gasteiger partial charge in [0.15, 0.2) is 0 Å². The van der Waals surface area contributed by atoms with Crippen LogP contribution in [0.15, 0.2) is 48.2 Å². The van der Waals surface area contributed by atoms with Crippen molar-refractivity contribution in [3.05, 3.63) is 69.0 Å². The zero-order valence-electron chi connectivity index (χ0n) is 14.0. The molecule has 0 aliphatic heterocycles. The minimum absolute atomic E-state index is 0.0209. The quantitative estimate of drug-likeness (QED) is 0.314. The number of carbonyl (C=O) groups excluding carboxylic acids is 1. The summed E-state index contributed by atoms with van der Waals surface area (Å²) < 4.78 is 1.71. The minimum atomic E-state index is -0.593. The molecule has 0 aliphatic rings. The third-order valence-corrected chi connectivity index (χ3v) is 4.28. The Balaban J connectivity index is 1.87. The van der Waals surface area contributed by atoms with E-state index in [9.17, 15) is 20.2 Å². The molecule has 1 aromatic carbocycles. The Bertz CT molecular complexity index is 1070. The first kappa shape index (κ1) is 18.0. The van der Waals surface area contributed by atoms with E-state index in [1.54, 1.807) is 42.0 Å². The second-order valence-corrected chi connectivity index (χ2v) is 6.51. The van der Waals surface area contributed by atoms with Gasteiger partial charge in [-0.3, -0.25) is 20.2 Å². The Morgan fingerprint density at radius 1 is 1.33 bits per heavy atom. The lowest BCUT2D eigenvalue weighted by Gasteiger charge is -2.07. The number of nitrogens with one attached hydrogen (secondary N) is 1. The number of hydrogen-bond donors (Lipinski definition) is 1. The van der Waals surface area contributed by atoms with Crippen molar-refractivity contribution >= 4 is 34.1 Å². The number of nitrogens with zero attached hydrogens (tertiary/aromatic N) is 5. The Morgan fingerprint density at radius 3 is 2.67 bits per heavy atom. The van der Waals surface area contributed by atoms with Crippen molar-refractivity contribution in [2.24, 2.45) is 0 Å². The molecule has 27 heavy (non-hydrogen) atoms. The van der Waals surface area contributed by atoms with E-state index < -0.39 is 10.8 Å². The van der Waals surface area contributed by atoms with Crippen LogP contribution in [0.25, 0.3) is 11.8 Å². The molecule has 0 saturated carbocycles. The molecular weight excluding hydrogens is 368 g/mol. The van der Waals surface area contributed by atoms with E-state index in [1.807, 2.05) is 6.07 Å². The summed E-state index contributed by atoms with van der Waals surface area (Å²) in [5, 5.41) is 31.3. The van der Waals surface area contributed by atoms with Crippen LogP contribution in [-0.2, 0) is 4.79 Å². The van der Waals surface area contributed by atoms with Crippen molar-refractivity contribution in [2.45, 2.75) is 6.92 Å². The number of nitro benzene ring substituents is 1. The Hall–Kier alpha value is -3.84. The van der Waals surface area contributed by atoms with Crippen molar-refractivity contribution in [2.75, 3.05) is 5.32 Å². The predicted octanol–water partition coefficient (Wildman–Crippen LogP) is 3.09. The van der Waals surface area contributed by atoms with Crippen LogP contribution in [0, 0.1) is 28.4 Å². The molecule has 2 heterocycles. The number of nitriles is 1. The molecule has 3 rings (SSSR count). The number of hydrogen-bond acceptors (Lipinski definition) is 7. The van der Waals surface area contributed by atoms with Crippen LogP contribution in [0.5, 0.6) is 0 Å². The highest BCUT2D eigenvalue weighted by molar-refractivity contribution is 7.15. The number of carbonyl (C=O) groups is 1. The zero-order chi connectivity index (χ0) is 19.4. The maximum atomic E-state index is 12.3. The highest BCUT2D eigenvalue weighted by atomic mass is 32.1. The maximum absolute atomic E-state index is 12.3. The molecule has 9 nitrogen and oxygen atoms in total. The highest BCUT2D eigenvalue weighted by Gasteiger charge is 2.13. The van der Waals surface area contributed by atoms with Gasteiger partial charge >= 0.3 is 0 Å². The van der Waals surface area contributed by atoms with Gasteiger partial charge in [0.1, 0.15) is 16.6 Å². The summed E-state index contributed by atoms with van der Waals surface area (Å²) >= 11 is 1.20. The summed E-state index contributed by atoms with van der Waals surface area (Å²) in [5.74, 6) is -0.593. The van der Waals surface area contributed by atoms with Crippen LogP contribution in [0.3, 0.4) is 0 Å². The Kier molecular flexibility index (Phi) is 5.05. The van der Waals surface area contributed by atoms with Crippen molar-refractivity contribution in [1.82, 2.24) is 14.8 Å². The molecule has 0 atom stereocenters. The number of rotatable bonds is 5. The molecule has 0 spiro atoms. The van der Waals surface area contributed by atoms with E-state index in [4.69, 9.17) is 0 Å². The molecule has 0 aliphatic carbocycles. The Labute approximate surface area is 157 Å². The molecule has 1 N–H and O–H groups in total. The lowest BCUT2D eigenvalue weighted by Crippen LogP contribution is -2.13. The first-order valence-electron chi connectivity index (χ1n) is 7.63. The molecule has 0 radical (unpaired) electrons. The van der Waals surface area contributed by atoms with Crippen LogP contribution < -0.4 is 5.32 Å². The van der Waals surface area contributed by atoms with Crippen LogP contribution in [-0.4, -0.2) is 25.6 Å². The number of aryl methyl sites for hydroxylation is 1. The van der Waals surface area contributed by atoms with Crippen molar-refractivity contribution < 1.29 is 9.72 Å². The van der Waals surface area contributed by atoms with Crippen molar-refractivity contribution in [3.8, 4) is 11.8 Å². The van der Waals surface area contributed by atoms with Crippen LogP contribution >= 0.6 is 11.3 Å². The molecule has 0 bridgehead atoms. The number of aromatic nitrogens is 3. The van der Waals surface area contributed by atoms with Gasteiger partial charge in [0.05, 0.1) is 4.92 Å². The van der Waals surface area contributed by atoms with Gasteiger partial charge in [0, 0.05) is 29.7 Å². The number of benzene rings is 1. The fourth-order valence-electron chi connectivity index (χ4n) is 2.29. The zero-order valence-corrected chi connectivity index (χ0v) is 14.8. The normalized spacial score (nSPS) is 11.0. The van der Waals surface area contributed by atoms with Crippen LogP contribution in [0.4, 0.5) is 10.8 Å². The smallest absolute Gasteiger partial charge is 0.269 e. The number of anilines is 1. The van der Waals surface area contributed by atoms with Gasteiger partial charge in [0.25, 0.3) is 11.6 Å². The third-order valence-electron chi connectivity index (χ3n) is 3.52. The molecule has 1 amide bonds. The summed E-state index contributed by atoms with van der Waals surface area (Å²) in [6.07, 6.45) is 3.17. The standard InChI is InChI=1S/C17H12N6O3S/c1-11-20-21-17(27-11)19-16(24)12(10-18)9-15-3-2-8-22(15)13-4-6-14(7-5-13)23(25)26/h2-9H,1H3,(H,19,21,24)/b12-9-. The fourth-order valence-corrected chi connectivity index (χ4v) is 2.88. The molecular formula is C17H12N6O3S. The predicted molar refractivity (Wildman–Crippen MR) is 99.3 cm³/mol. The fraction of sp³-hybridized carbons (Fsp3) is 0.0588. The lowest BCUT2D eigenvalue weighted by molar-refractivity contribution is -0.384. The number of amides is 1. The molecule has 134 valence electrons. The van der Waals surface area contributed by atoms with E-state index >= 15 is 0 Å². The van der Waals surface area contributed by atoms with Gasteiger partial charge < -0.3 is 4.57 Å². The van der Waals surface area contributed by atoms with Crippen molar-refractivity contribution in [1.29, 1.82) is 5.26 Å². The van der Waals surface area contributed by atoms with Gasteiger partial charge in [-0.05, 0) is 37.3 Å². The summed E-state index contributed by atoms with van der Waals surface area (Å²) in [4.78, 5) is 22.6. The van der Waals surface area contributed by atoms with Crippen molar-refractivity contribution in [3.63, 3.8) is 0 Å². The van der Waals surface area contributed by atoms with E-state index in [0.717, 1.165) is 0 Å². The summed E-state index contributed by atoms with van der Waals surface area (Å²) in [7, 11) is 0. The van der Waals surface area contributed by atoms with E-state index in [2.05, 4.69) is 15.5 Å².